The summed E-state index contributed by atoms with van der Waals surface area (Å²) >= 11 is 13.5. The van der Waals surface area contributed by atoms with Gasteiger partial charge in [-0.05, 0) is 43.2 Å². The van der Waals surface area contributed by atoms with E-state index in [0.717, 1.165) is 54.1 Å². The number of alkyl halides is 3. The predicted molar refractivity (Wildman–Crippen MR) is 113 cm³/mol. The lowest BCUT2D eigenvalue weighted by molar-refractivity contribution is -0.137. The highest BCUT2D eigenvalue weighted by Gasteiger charge is 2.32. The summed E-state index contributed by atoms with van der Waals surface area (Å²) in [4.78, 5) is 15.1. The lowest BCUT2D eigenvalue weighted by Crippen LogP contribution is -2.21. The quantitative estimate of drug-likeness (QED) is 0.454. The van der Waals surface area contributed by atoms with Crippen LogP contribution in [0.3, 0.4) is 0 Å². The van der Waals surface area contributed by atoms with Crippen molar-refractivity contribution in [2.45, 2.75) is 19.0 Å². The van der Waals surface area contributed by atoms with E-state index in [1.807, 2.05) is 4.90 Å². The molecule has 0 atom stereocenters. The zero-order chi connectivity index (χ0) is 20.8. The minimum Gasteiger partial charge on any atom is -0.370 e. The van der Waals surface area contributed by atoms with Crippen LogP contribution < -0.4 is 10.2 Å². The van der Waals surface area contributed by atoms with Gasteiger partial charge in [0.05, 0.1) is 22.0 Å². The fraction of sp³-hybridized carbons (Fsp3) is 0.250. The number of hydrogen-bond donors (Lipinski definition) is 1. The Morgan fingerprint density at radius 1 is 1.07 bits per heavy atom. The highest BCUT2D eigenvalue weighted by molar-refractivity contribution is 7.21. The number of hydrogen-bond acceptors (Lipinski definition) is 3. The largest absolute Gasteiger partial charge is 0.416 e. The first-order valence-electron chi connectivity index (χ1n) is 8.89. The first kappa shape index (κ1) is 20.3. The Morgan fingerprint density at radius 3 is 2.48 bits per heavy atom. The normalized spacial score (nSPS) is 14.6. The predicted octanol–water partition coefficient (Wildman–Crippen LogP) is 7.08. The zero-order valence-corrected chi connectivity index (χ0v) is 17.3. The Labute approximate surface area is 179 Å². The van der Waals surface area contributed by atoms with Crippen molar-refractivity contribution >= 4 is 61.9 Å². The Hall–Kier alpha value is -1.96. The van der Waals surface area contributed by atoms with Gasteiger partial charge in [0.25, 0.3) is 5.91 Å². The molecule has 4 rings (SSSR count). The van der Waals surface area contributed by atoms with Gasteiger partial charge in [-0.3, -0.25) is 4.79 Å². The van der Waals surface area contributed by atoms with Gasteiger partial charge in [0.2, 0.25) is 0 Å². The lowest BCUT2D eigenvalue weighted by atomic mass is 10.1. The average molecular weight is 459 g/mol. The third-order valence-electron chi connectivity index (χ3n) is 4.82. The standard InChI is InChI=1S/C20H15Cl2F3N2OS/c21-12-4-5-13-16(10-12)29-18(17(13)22)19(28)26-14-9-11(20(23,24)25)3-6-15(14)27-7-1-2-8-27/h3-6,9-10H,1-2,7-8H2,(H,26,28). The van der Waals surface area contributed by atoms with E-state index in [0.29, 0.717) is 16.1 Å². The molecule has 3 nitrogen and oxygen atoms in total. The fourth-order valence-electron chi connectivity index (χ4n) is 3.41. The van der Waals surface area contributed by atoms with Crippen LogP contribution in [0.4, 0.5) is 24.5 Å². The van der Waals surface area contributed by atoms with Gasteiger partial charge in [0.15, 0.2) is 0 Å². The number of rotatable bonds is 3. The second-order valence-corrected chi connectivity index (χ2v) is 8.63. The van der Waals surface area contributed by atoms with Crippen molar-refractivity contribution in [3.05, 3.63) is 56.9 Å². The maximum Gasteiger partial charge on any atom is 0.416 e. The molecule has 29 heavy (non-hydrogen) atoms. The maximum atomic E-state index is 13.2. The number of fused-ring (bicyclic) bond motifs is 1. The van der Waals surface area contributed by atoms with Crippen LogP contribution in [0.1, 0.15) is 28.1 Å². The maximum absolute atomic E-state index is 13.2. The van der Waals surface area contributed by atoms with Crippen LogP contribution in [0.5, 0.6) is 0 Å². The number of nitrogens with zero attached hydrogens (tertiary/aromatic N) is 1. The molecular formula is C20H15Cl2F3N2OS. The van der Waals surface area contributed by atoms with E-state index in [9.17, 15) is 18.0 Å². The number of carbonyl (C=O) groups is 1. The summed E-state index contributed by atoms with van der Waals surface area (Å²) in [5, 5.41) is 4.09. The van der Waals surface area contributed by atoms with Crippen molar-refractivity contribution < 1.29 is 18.0 Å². The summed E-state index contributed by atoms with van der Waals surface area (Å²) in [6.45, 7) is 1.47. The Bertz CT molecular complexity index is 1090. The monoisotopic (exact) mass is 458 g/mol. The van der Waals surface area contributed by atoms with Gasteiger partial charge >= 0.3 is 6.18 Å². The number of amides is 1. The Morgan fingerprint density at radius 2 is 1.79 bits per heavy atom. The topological polar surface area (TPSA) is 32.3 Å². The van der Waals surface area contributed by atoms with Gasteiger partial charge in [-0.1, -0.05) is 29.3 Å². The van der Waals surface area contributed by atoms with Gasteiger partial charge in [0.1, 0.15) is 4.88 Å². The molecule has 1 aliphatic heterocycles. The number of anilines is 2. The highest BCUT2D eigenvalue weighted by Crippen LogP contribution is 2.39. The molecule has 9 heteroatoms. The number of thiophene rings is 1. The van der Waals surface area contributed by atoms with Crippen molar-refractivity contribution in [3.8, 4) is 0 Å². The van der Waals surface area contributed by atoms with Gasteiger partial charge in [-0.25, -0.2) is 0 Å². The molecule has 1 fully saturated rings. The van der Waals surface area contributed by atoms with E-state index in [4.69, 9.17) is 23.2 Å². The second-order valence-electron chi connectivity index (χ2n) is 6.76. The summed E-state index contributed by atoms with van der Waals surface area (Å²) in [6.07, 6.45) is -2.59. The van der Waals surface area contributed by atoms with Crippen LogP contribution in [-0.4, -0.2) is 19.0 Å². The molecule has 2 aromatic carbocycles. The molecule has 0 aliphatic carbocycles. The average Bonchev–Trinajstić information content (AvgIpc) is 3.29. The number of benzene rings is 2. The van der Waals surface area contributed by atoms with Crippen molar-refractivity contribution in [2.24, 2.45) is 0 Å². The van der Waals surface area contributed by atoms with Crippen LogP contribution >= 0.6 is 34.5 Å². The molecule has 3 aromatic rings. The molecule has 0 saturated carbocycles. The molecule has 1 N–H and O–H groups in total. The van der Waals surface area contributed by atoms with E-state index in [2.05, 4.69) is 5.32 Å². The molecule has 0 radical (unpaired) electrons. The van der Waals surface area contributed by atoms with E-state index < -0.39 is 17.6 Å². The molecule has 152 valence electrons. The SMILES string of the molecule is O=C(Nc1cc(C(F)(F)F)ccc1N1CCCC1)c1sc2cc(Cl)ccc2c1Cl. The molecule has 1 aliphatic rings. The van der Waals surface area contributed by atoms with Gasteiger partial charge in [0, 0.05) is 28.2 Å². The van der Waals surface area contributed by atoms with Crippen LogP contribution in [0.2, 0.25) is 10.0 Å². The highest BCUT2D eigenvalue weighted by atomic mass is 35.5. The number of carbonyl (C=O) groups excluding carboxylic acids is 1. The van der Waals surface area contributed by atoms with Gasteiger partial charge < -0.3 is 10.2 Å². The molecule has 1 amide bonds. The van der Waals surface area contributed by atoms with E-state index in [-0.39, 0.29) is 15.6 Å². The molecular weight excluding hydrogens is 444 g/mol. The van der Waals surface area contributed by atoms with Gasteiger partial charge in [-0.2, -0.15) is 13.2 Å². The third-order valence-corrected chi connectivity index (χ3v) is 6.71. The summed E-state index contributed by atoms with van der Waals surface area (Å²) < 4.78 is 40.4. The molecule has 1 saturated heterocycles. The smallest absolute Gasteiger partial charge is 0.370 e. The van der Waals surface area contributed by atoms with Crippen LogP contribution in [0.15, 0.2) is 36.4 Å². The van der Waals surface area contributed by atoms with Crippen molar-refractivity contribution in [1.29, 1.82) is 0 Å². The number of halogens is 5. The Kier molecular flexibility index (Phi) is 5.40. The van der Waals surface area contributed by atoms with E-state index in [1.165, 1.54) is 6.07 Å². The molecule has 1 aromatic heterocycles. The fourth-order valence-corrected chi connectivity index (χ4v) is 5.10. The summed E-state index contributed by atoms with van der Waals surface area (Å²) in [5.41, 5.74) is -0.118. The molecule has 0 unspecified atom stereocenters. The molecule has 2 heterocycles. The molecule has 0 spiro atoms. The zero-order valence-electron chi connectivity index (χ0n) is 14.9. The second kappa shape index (κ2) is 7.70. The van der Waals surface area contributed by atoms with E-state index >= 15 is 0 Å². The van der Waals surface area contributed by atoms with Crippen LogP contribution in [-0.2, 0) is 6.18 Å². The summed E-state index contributed by atoms with van der Waals surface area (Å²) in [6, 6.07) is 8.51. The van der Waals surface area contributed by atoms with E-state index in [1.54, 1.807) is 18.2 Å². The third kappa shape index (κ3) is 4.04. The Balaban J connectivity index is 1.72. The first-order chi connectivity index (χ1) is 13.7. The van der Waals surface area contributed by atoms with Crippen molar-refractivity contribution in [3.63, 3.8) is 0 Å². The van der Waals surface area contributed by atoms with Crippen molar-refractivity contribution in [2.75, 3.05) is 23.3 Å². The lowest BCUT2D eigenvalue weighted by Gasteiger charge is -2.22. The molecule has 0 bridgehead atoms. The minimum atomic E-state index is -4.50. The summed E-state index contributed by atoms with van der Waals surface area (Å²) in [5.74, 6) is -0.549. The van der Waals surface area contributed by atoms with Crippen molar-refractivity contribution in [1.82, 2.24) is 0 Å². The van der Waals surface area contributed by atoms with Crippen LogP contribution in [0.25, 0.3) is 10.1 Å². The van der Waals surface area contributed by atoms with Crippen LogP contribution in [0, 0.1) is 0 Å². The van der Waals surface area contributed by atoms with Gasteiger partial charge in [-0.15, -0.1) is 11.3 Å². The summed E-state index contributed by atoms with van der Waals surface area (Å²) in [7, 11) is 0. The minimum absolute atomic E-state index is 0.123. The number of nitrogens with one attached hydrogen (secondary N) is 1. The first-order valence-corrected chi connectivity index (χ1v) is 10.5.